The maximum Gasteiger partial charge on any atom is 0.430 e. The molecule has 1 nitrogen and oxygen atoms in total. The molecule has 0 rings (SSSR count). The van der Waals surface area contributed by atoms with Crippen molar-refractivity contribution in [3.05, 3.63) is 0 Å². The highest BCUT2D eigenvalue weighted by molar-refractivity contribution is 4.91. The van der Waals surface area contributed by atoms with Crippen molar-refractivity contribution in [3.63, 3.8) is 0 Å². The van der Waals surface area contributed by atoms with Crippen molar-refractivity contribution in [1.29, 1.82) is 0 Å². The summed E-state index contributed by atoms with van der Waals surface area (Å²) in [6, 6.07) is 0. The van der Waals surface area contributed by atoms with E-state index >= 15 is 0 Å². The van der Waals surface area contributed by atoms with Gasteiger partial charge in [0.25, 0.3) is 0 Å². The Kier molecular flexibility index (Phi) is 3.80. The number of halogens is 9. The molecular formula is C6H5F9O. The quantitative estimate of drug-likeness (QED) is 0.691. The second-order valence-corrected chi connectivity index (χ2v) is 2.84. The molecule has 0 aromatic rings. The Bertz CT molecular complexity index is 243. The van der Waals surface area contributed by atoms with Gasteiger partial charge in [-0.15, -0.1) is 0 Å². The summed E-state index contributed by atoms with van der Waals surface area (Å²) in [4.78, 5) is 0. The minimum absolute atomic E-state index is 0.357. The molecule has 0 atom stereocenters. The molecule has 0 spiro atoms. The summed E-state index contributed by atoms with van der Waals surface area (Å²) in [5, 5.41) is 0. The third kappa shape index (κ3) is 2.92. The Morgan fingerprint density at radius 3 is 1.50 bits per heavy atom. The molecule has 0 saturated heterocycles. The van der Waals surface area contributed by atoms with Gasteiger partial charge < -0.3 is 0 Å². The lowest BCUT2D eigenvalue weighted by Crippen LogP contribution is -2.58. The van der Waals surface area contributed by atoms with Crippen molar-refractivity contribution >= 4 is 0 Å². The molecule has 0 N–H and O–H groups in total. The Labute approximate surface area is 83.2 Å². The highest BCUT2D eigenvalue weighted by atomic mass is 19.4. The van der Waals surface area contributed by atoms with E-state index in [4.69, 9.17) is 0 Å². The van der Waals surface area contributed by atoms with Crippen LogP contribution in [0.3, 0.4) is 0 Å². The summed E-state index contributed by atoms with van der Waals surface area (Å²) in [7, 11) is 0. The summed E-state index contributed by atoms with van der Waals surface area (Å²) in [5.74, 6) is -12.2. The fourth-order valence-corrected chi connectivity index (χ4v) is 0.586. The van der Waals surface area contributed by atoms with E-state index in [1.165, 1.54) is 0 Å². The maximum absolute atomic E-state index is 12.3. The largest absolute Gasteiger partial charge is 0.430 e. The van der Waals surface area contributed by atoms with E-state index in [-0.39, 0.29) is 6.92 Å². The van der Waals surface area contributed by atoms with Gasteiger partial charge in [-0.3, -0.25) is 4.74 Å². The second kappa shape index (κ2) is 3.97. The van der Waals surface area contributed by atoms with Gasteiger partial charge in [0.05, 0.1) is 0 Å². The van der Waals surface area contributed by atoms with Crippen LogP contribution >= 0.6 is 0 Å². The first-order valence-corrected chi connectivity index (χ1v) is 3.54. The van der Waals surface area contributed by atoms with E-state index in [2.05, 4.69) is 4.74 Å². The molecule has 0 radical (unpaired) electrons. The molecule has 0 heterocycles. The van der Waals surface area contributed by atoms with Crippen molar-refractivity contribution < 1.29 is 44.3 Å². The lowest BCUT2D eigenvalue weighted by molar-refractivity contribution is -0.454. The molecule has 0 aliphatic heterocycles. The Morgan fingerprint density at radius 1 is 0.875 bits per heavy atom. The predicted molar refractivity (Wildman–Crippen MR) is 32.5 cm³/mol. The van der Waals surface area contributed by atoms with Crippen molar-refractivity contribution in [1.82, 2.24) is 0 Å². The van der Waals surface area contributed by atoms with Crippen LogP contribution in [0.1, 0.15) is 6.92 Å². The molecule has 16 heavy (non-hydrogen) atoms. The second-order valence-electron chi connectivity index (χ2n) is 2.84. The van der Waals surface area contributed by atoms with Crippen LogP contribution in [-0.2, 0) is 4.74 Å². The van der Waals surface area contributed by atoms with Gasteiger partial charge in [-0.2, -0.15) is 35.1 Å². The minimum atomic E-state index is -6.39. The third-order valence-corrected chi connectivity index (χ3v) is 1.30. The zero-order chi connectivity index (χ0) is 13.4. The van der Waals surface area contributed by atoms with Gasteiger partial charge in [0.2, 0.25) is 0 Å². The van der Waals surface area contributed by atoms with Crippen molar-refractivity contribution in [2.45, 2.75) is 31.0 Å². The van der Waals surface area contributed by atoms with E-state index in [0.29, 0.717) is 0 Å². The molecule has 0 unspecified atom stereocenters. The standard InChI is InChI=1S/C6H5F9O/c1-3(8,9)16-6(14,15)5(12,13)4(10,11)2-7/h2H2,1H3. The van der Waals surface area contributed by atoms with Crippen LogP contribution in [0.25, 0.3) is 0 Å². The number of ether oxygens (including phenoxy) is 1. The SMILES string of the molecule is CC(F)(F)OC(F)(F)C(F)(F)C(F)(F)CF. The molecule has 10 heteroatoms. The number of hydrogen-bond acceptors (Lipinski definition) is 1. The molecule has 98 valence electrons. The van der Waals surface area contributed by atoms with Gasteiger partial charge in [0.15, 0.2) is 6.67 Å². The van der Waals surface area contributed by atoms with Crippen LogP contribution in [0.15, 0.2) is 0 Å². The first kappa shape index (κ1) is 15.3. The topological polar surface area (TPSA) is 9.23 Å². The third-order valence-electron chi connectivity index (χ3n) is 1.30. The molecule has 0 aromatic heterocycles. The zero-order valence-electron chi connectivity index (χ0n) is 7.52. The van der Waals surface area contributed by atoms with Crippen LogP contribution in [0.5, 0.6) is 0 Å². The van der Waals surface area contributed by atoms with Gasteiger partial charge >= 0.3 is 24.1 Å². The van der Waals surface area contributed by atoms with Gasteiger partial charge in [0, 0.05) is 6.92 Å². The van der Waals surface area contributed by atoms with Crippen LogP contribution in [0.2, 0.25) is 0 Å². The molecule has 0 saturated carbocycles. The van der Waals surface area contributed by atoms with Crippen molar-refractivity contribution in [3.8, 4) is 0 Å². The maximum atomic E-state index is 12.3. The summed E-state index contributed by atoms with van der Waals surface area (Å²) >= 11 is 0. The molecule has 0 fully saturated rings. The molecular weight excluding hydrogens is 259 g/mol. The van der Waals surface area contributed by atoms with Gasteiger partial charge in [-0.05, 0) is 0 Å². The Balaban J connectivity index is 5.14. The van der Waals surface area contributed by atoms with Crippen molar-refractivity contribution in [2.24, 2.45) is 0 Å². The van der Waals surface area contributed by atoms with Crippen LogP contribution in [-0.4, -0.2) is 30.7 Å². The first-order valence-electron chi connectivity index (χ1n) is 3.54. The normalized spacial score (nSPS) is 15.4. The number of rotatable bonds is 5. The van der Waals surface area contributed by atoms with Crippen LogP contribution in [0, 0.1) is 0 Å². The van der Waals surface area contributed by atoms with Gasteiger partial charge in [0.1, 0.15) is 0 Å². The highest BCUT2D eigenvalue weighted by Crippen LogP contribution is 2.48. The van der Waals surface area contributed by atoms with E-state index in [0.717, 1.165) is 0 Å². The number of hydrogen-bond donors (Lipinski definition) is 0. The minimum Gasteiger partial charge on any atom is -0.250 e. The summed E-state index contributed by atoms with van der Waals surface area (Å²) in [5.41, 5.74) is 0. The average Bonchev–Trinajstić information content (AvgIpc) is 1.99. The highest BCUT2D eigenvalue weighted by Gasteiger charge is 2.74. The average molecular weight is 264 g/mol. The summed E-state index contributed by atoms with van der Waals surface area (Å²) in [6.45, 7) is -3.50. The molecule has 0 aromatic carbocycles. The molecule has 0 aliphatic rings. The molecule has 0 amide bonds. The van der Waals surface area contributed by atoms with Crippen molar-refractivity contribution in [2.75, 3.05) is 6.67 Å². The smallest absolute Gasteiger partial charge is 0.250 e. The van der Waals surface area contributed by atoms with Crippen LogP contribution < -0.4 is 0 Å². The predicted octanol–water partition coefficient (Wildman–Crippen LogP) is 3.45. The van der Waals surface area contributed by atoms with Gasteiger partial charge in [-0.25, -0.2) is 4.39 Å². The van der Waals surface area contributed by atoms with E-state index in [1.807, 2.05) is 0 Å². The fraction of sp³-hybridized carbons (Fsp3) is 1.00. The monoisotopic (exact) mass is 264 g/mol. The fourth-order valence-electron chi connectivity index (χ4n) is 0.586. The Morgan fingerprint density at radius 2 is 1.25 bits per heavy atom. The summed E-state index contributed by atoms with van der Waals surface area (Å²) < 4.78 is 111. The zero-order valence-corrected chi connectivity index (χ0v) is 7.52. The first-order chi connectivity index (χ1) is 6.77. The lowest BCUT2D eigenvalue weighted by Gasteiger charge is -2.31. The lowest BCUT2D eigenvalue weighted by atomic mass is 10.1. The van der Waals surface area contributed by atoms with Crippen LogP contribution in [0.4, 0.5) is 39.5 Å². The summed E-state index contributed by atoms with van der Waals surface area (Å²) in [6.07, 6.45) is -11.0. The molecule has 0 bridgehead atoms. The van der Waals surface area contributed by atoms with Gasteiger partial charge in [-0.1, -0.05) is 0 Å². The molecule has 0 aliphatic carbocycles. The van der Waals surface area contributed by atoms with E-state index in [9.17, 15) is 39.5 Å². The van der Waals surface area contributed by atoms with E-state index < -0.39 is 30.7 Å². The number of alkyl halides is 9. The Hall–Kier alpha value is -0.670. The van der Waals surface area contributed by atoms with E-state index in [1.54, 1.807) is 0 Å².